The summed E-state index contributed by atoms with van der Waals surface area (Å²) in [6, 6.07) is -0.351. The molecule has 0 saturated carbocycles. The Hall–Kier alpha value is -1.14. The van der Waals surface area contributed by atoms with E-state index < -0.39 is 0 Å². The number of unbranched alkanes of at least 4 members (excludes halogenated alkanes) is 2. The van der Waals surface area contributed by atoms with Crippen LogP contribution in [0, 0.1) is 18.3 Å². The largest absolute Gasteiger partial charge is 0.321 e. The summed E-state index contributed by atoms with van der Waals surface area (Å²) >= 11 is 0. The van der Waals surface area contributed by atoms with Crippen molar-refractivity contribution in [3.05, 3.63) is 0 Å². The van der Waals surface area contributed by atoms with Crippen LogP contribution in [0.25, 0.3) is 0 Å². The lowest BCUT2D eigenvalue weighted by Gasteiger charge is -2.12. The zero-order valence-electron chi connectivity index (χ0n) is 10.9. The normalized spacial score (nSPS) is 12.2. The molecule has 0 bridgehead atoms. The third kappa shape index (κ3) is 7.70. The Bertz CT molecular complexity index is 289. The number of terminal acetylenes is 1. The van der Waals surface area contributed by atoms with Crippen molar-refractivity contribution >= 4 is 11.6 Å². The predicted molar refractivity (Wildman–Crippen MR) is 69.4 cm³/mol. The Morgan fingerprint density at radius 1 is 1.24 bits per heavy atom. The van der Waals surface area contributed by atoms with Crippen LogP contribution in [0.15, 0.2) is 0 Å². The smallest absolute Gasteiger partial charge is 0.152 e. The van der Waals surface area contributed by atoms with Gasteiger partial charge in [0.15, 0.2) is 5.78 Å². The van der Waals surface area contributed by atoms with Crippen molar-refractivity contribution in [3.8, 4) is 12.3 Å². The molecule has 0 radical (unpaired) electrons. The highest BCUT2D eigenvalue weighted by molar-refractivity contribution is 5.85. The summed E-state index contributed by atoms with van der Waals surface area (Å²) in [5.74, 6) is 2.58. The molecule has 0 spiro atoms. The number of hydrogen-bond acceptors (Lipinski definition) is 3. The molecule has 0 saturated heterocycles. The van der Waals surface area contributed by atoms with Crippen LogP contribution in [-0.4, -0.2) is 17.6 Å². The van der Waals surface area contributed by atoms with E-state index in [1.54, 1.807) is 0 Å². The third-order valence-corrected chi connectivity index (χ3v) is 2.70. The highest BCUT2D eigenvalue weighted by atomic mass is 16.1. The Morgan fingerprint density at radius 2 is 1.88 bits per heavy atom. The Morgan fingerprint density at radius 3 is 2.41 bits per heavy atom. The first-order valence-electron chi connectivity index (χ1n) is 6.23. The number of Topliss-reactive ketones (excluding diaryl/α,β-unsaturated/α-hetero) is 2. The standard InChI is InChI=1S/C14H23NO2/c1-4-8-12(16)9-6-5-7-10-13(15)14(17)11(2)3/h1,11,13H,5-10,15H2,2-3H3. The monoisotopic (exact) mass is 237 g/mol. The van der Waals surface area contributed by atoms with Gasteiger partial charge >= 0.3 is 0 Å². The fourth-order valence-electron chi connectivity index (χ4n) is 1.64. The lowest BCUT2D eigenvalue weighted by molar-refractivity contribution is -0.123. The van der Waals surface area contributed by atoms with E-state index >= 15 is 0 Å². The molecule has 96 valence electrons. The van der Waals surface area contributed by atoms with Crippen LogP contribution in [0.3, 0.4) is 0 Å². The number of carbonyl (C=O) groups is 2. The van der Waals surface area contributed by atoms with Gasteiger partial charge in [-0.05, 0) is 12.8 Å². The average Bonchev–Trinajstić information content (AvgIpc) is 2.27. The highest BCUT2D eigenvalue weighted by Crippen LogP contribution is 2.09. The number of carbonyl (C=O) groups excluding carboxylic acids is 2. The number of hydrogen-bond donors (Lipinski definition) is 1. The van der Waals surface area contributed by atoms with Crippen LogP contribution in [0.2, 0.25) is 0 Å². The Labute approximate surface area is 104 Å². The summed E-state index contributed by atoms with van der Waals surface area (Å²) < 4.78 is 0. The molecule has 0 aliphatic carbocycles. The van der Waals surface area contributed by atoms with Gasteiger partial charge in [0, 0.05) is 12.3 Å². The first-order chi connectivity index (χ1) is 7.99. The highest BCUT2D eigenvalue weighted by Gasteiger charge is 2.15. The summed E-state index contributed by atoms with van der Waals surface area (Å²) in [6.07, 6.45) is 9.17. The molecule has 0 amide bonds. The molecule has 0 aliphatic heterocycles. The molecule has 17 heavy (non-hydrogen) atoms. The second kappa shape index (κ2) is 8.95. The van der Waals surface area contributed by atoms with E-state index in [1.165, 1.54) is 0 Å². The molecule has 1 unspecified atom stereocenters. The SMILES string of the molecule is C#CCC(=O)CCCCCC(N)C(=O)C(C)C. The van der Waals surface area contributed by atoms with Gasteiger partial charge < -0.3 is 5.73 Å². The van der Waals surface area contributed by atoms with Crippen molar-refractivity contribution in [2.75, 3.05) is 0 Å². The van der Waals surface area contributed by atoms with E-state index in [4.69, 9.17) is 12.2 Å². The van der Waals surface area contributed by atoms with Crippen LogP contribution < -0.4 is 5.73 Å². The first-order valence-corrected chi connectivity index (χ1v) is 6.23. The van der Waals surface area contributed by atoms with Gasteiger partial charge in [0.25, 0.3) is 0 Å². The zero-order valence-corrected chi connectivity index (χ0v) is 10.9. The van der Waals surface area contributed by atoms with Gasteiger partial charge in [0.1, 0.15) is 5.78 Å². The van der Waals surface area contributed by atoms with Gasteiger partial charge in [0.05, 0.1) is 12.5 Å². The van der Waals surface area contributed by atoms with Gasteiger partial charge in [-0.3, -0.25) is 9.59 Å². The fourth-order valence-corrected chi connectivity index (χ4v) is 1.64. The molecule has 3 nitrogen and oxygen atoms in total. The van der Waals surface area contributed by atoms with E-state index in [9.17, 15) is 9.59 Å². The van der Waals surface area contributed by atoms with E-state index in [1.807, 2.05) is 13.8 Å². The van der Waals surface area contributed by atoms with Crippen LogP contribution in [0.5, 0.6) is 0 Å². The molecule has 0 aromatic rings. The molecule has 0 heterocycles. The van der Waals surface area contributed by atoms with Crippen LogP contribution in [0.4, 0.5) is 0 Å². The summed E-state index contributed by atoms with van der Waals surface area (Å²) in [5.41, 5.74) is 5.76. The maximum absolute atomic E-state index is 11.5. The molecular formula is C14H23NO2. The Kier molecular flexibility index (Phi) is 8.35. The van der Waals surface area contributed by atoms with Crippen molar-refractivity contribution in [3.63, 3.8) is 0 Å². The first kappa shape index (κ1) is 15.9. The summed E-state index contributed by atoms with van der Waals surface area (Å²) in [7, 11) is 0. The molecule has 0 aromatic carbocycles. The third-order valence-electron chi connectivity index (χ3n) is 2.70. The predicted octanol–water partition coefficient (Wildman–Crippen LogP) is 2.08. The number of nitrogens with two attached hydrogens (primary N) is 1. The molecule has 0 aliphatic rings. The average molecular weight is 237 g/mol. The summed E-state index contributed by atoms with van der Waals surface area (Å²) in [6.45, 7) is 3.72. The summed E-state index contributed by atoms with van der Waals surface area (Å²) in [5, 5.41) is 0. The maximum Gasteiger partial charge on any atom is 0.152 e. The van der Waals surface area contributed by atoms with Gasteiger partial charge in [-0.15, -0.1) is 6.42 Å². The Balaban J connectivity index is 3.56. The fraction of sp³-hybridized carbons (Fsp3) is 0.714. The topological polar surface area (TPSA) is 60.2 Å². The van der Waals surface area contributed by atoms with Crippen molar-refractivity contribution in [1.29, 1.82) is 0 Å². The van der Waals surface area contributed by atoms with E-state index in [2.05, 4.69) is 5.92 Å². The second-order valence-corrected chi connectivity index (χ2v) is 4.68. The minimum Gasteiger partial charge on any atom is -0.321 e. The molecule has 2 N–H and O–H groups in total. The van der Waals surface area contributed by atoms with E-state index in [-0.39, 0.29) is 29.9 Å². The molecule has 0 aromatic heterocycles. The van der Waals surface area contributed by atoms with Gasteiger partial charge in [-0.1, -0.05) is 32.6 Å². The quantitative estimate of drug-likeness (QED) is 0.493. The van der Waals surface area contributed by atoms with Gasteiger partial charge in [-0.2, -0.15) is 0 Å². The van der Waals surface area contributed by atoms with Crippen LogP contribution in [-0.2, 0) is 9.59 Å². The van der Waals surface area contributed by atoms with E-state index in [0.29, 0.717) is 12.8 Å². The minimum atomic E-state index is -0.351. The van der Waals surface area contributed by atoms with Crippen molar-refractivity contribution in [1.82, 2.24) is 0 Å². The van der Waals surface area contributed by atoms with Crippen molar-refractivity contribution in [2.24, 2.45) is 11.7 Å². The van der Waals surface area contributed by atoms with Gasteiger partial charge in [0.2, 0.25) is 0 Å². The number of rotatable bonds is 9. The minimum absolute atomic E-state index is 0.00204. The second-order valence-electron chi connectivity index (χ2n) is 4.68. The van der Waals surface area contributed by atoms with Crippen LogP contribution in [0.1, 0.15) is 52.4 Å². The van der Waals surface area contributed by atoms with Gasteiger partial charge in [-0.25, -0.2) is 0 Å². The van der Waals surface area contributed by atoms with E-state index in [0.717, 1.165) is 19.3 Å². The molecule has 3 heteroatoms. The van der Waals surface area contributed by atoms with Crippen molar-refractivity contribution in [2.45, 2.75) is 58.4 Å². The molecule has 0 rings (SSSR count). The van der Waals surface area contributed by atoms with Crippen LogP contribution >= 0.6 is 0 Å². The lowest BCUT2D eigenvalue weighted by Crippen LogP contribution is -2.33. The van der Waals surface area contributed by atoms with Crippen molar-refractivity contribution < 1.29 is 9.59 Å². The molecule has 1 atom stereocenters. The molecular weight excluding hydrogens is 214 g/mol. The number of ketones is 2. The molecule has 0 fully saturated rings. The summed E-state index contributed by atoms with van der Waals surface area (Å²) in [4.78, 5) is 22.6. The maximum atomic E-state index is 11.5. The zero-order chi connectivity index (χ0) is 13.3. The lowest BCUT2D eigenvalue weighted by atomic mass is 9.97.